The molecular formula is C14H12F3NOS. The fourth-order valence-corrected chi connectivity index (χ4v) is 2.43. The van der Waals surface area contributed by atoms with Crippen molar-refractivity contribution in [3.8, 4) is 5.75 Å². The Morgan fingerprint density at radius 3 is 2.40 bits per heavy atom. The Morgan fingerprint density at radius 2 is 1.80 bits per heavy atom. The van der Waals surface area contributed by atoms with Crippen molar-refractivity contribution in [3.05, 3.63) is 47.8 Å². The van der Waals surface area contributed by atoms with Crippen molar-refractivity contribution >= 4 is 17.4 Å². The summed E-state index contributed by atoms with van der Waals surface area (Å²) in [5.41, 5.74) is 6.97. The molecule has 0 amide bonds. The van der Waals surface area contributed by atoms with Crippen molar-refractivity contribution in [3.63, 3.8) is 0 Å². The topological polar surface area (TPSA) is 35.2 Å². The molecule has 0 atom stereocenters. The zero-order valence-corrected chi connectivity index (χ0v) is 11.4. The summed E-state index contributed by atoms with van der Waals surface area (Å²) < 4.78 is 41.9. The zero-order valence-electron chi connectivity index (χ0n) is 10.6. The standard InChI is InChI=1S/C14H12F3NOS/c1-8-2-4-9(5-3-8)20-13-7-12(19-14(16)17)10(15)6-11(13)18/h2-7,14H,18H2,1H3. The molecule has 2 aromatic carbocycles. The Labute approximate surface area is 118 Å². The molecule has 0 aliphatic heterocycles. The van der Waals surface area contributed by atoms with E-state index in [-0.39, 0.29) is 5.69 Å². The minimum Gasteiger partial charge on any atom is -0.432 e. The van der Waals surface area contributed by atoms with Crippen LogP contribution >= 0.6 is 11.8 Å². The third-order valence-corrected chi connectivity index (χ3v) is 3.61. The largest absolute Gasteiger partial charge is 0.432 e. The van der Waals surface area contributed by atoms with Crippen LogP contribution in [0, 0.1) is 12.7 Å². The van der Waals surface area contributed by atoms with Crippen LogP contribution in [0.2, 0.25) is 0 Å². The van der Waals surface area contributed by atoms with Gasteiger partial charge in [0.05, 0.1) is 0 Å². The van der Waals surface area contributed by atoms with Crippen LogP contribution in [0.3, 0.4) is 0 Å². The molecule has 2 aromatic rings. The fraction of sp³-hybridized carbons (Fsp3) is 0.143. The van der Waals surface area contributed by atoms with E-state index in [0.29, 0.717) is 4.90 Å². The van der Waals surface area contributed by atoms with E-state index in [1.54, 1.807) is 0 Å². The number of hydrogen-bond acceptors (Lipinski definition) is 3. The van der Waals surface area contributed by atoms with Crippen LogP contribution in [0.1, 0.15) is 5.56 Å². The van der Waals surface area contributed by atoms with Gasteiger partial charge in [-0.15, -0.1) is 0 Å². The molecule has 0 saturated heterocycles. The first-order chi connectivity index (χ1) is 9.45. The van der Waals surface area contributed by atoms with Crippen LogP contribution in [0.15, 0.2) is 46.2 Å². The van der Waals surface area contributed by atoms with Gasteiger partial charge >= 0.3 is 6.61 Å². The third-order valence-electron chi connectivity index (χ3n) is 2.53. The molecule has 0 aromatic heterocycles. The summed E-state index contributed by atoms with van der Waals surface area (Å²) in [5.74, 6) is -1.42. The monoisotopic (exact) mass is 299 g/mol. The highest BCUT2D eigenvalue weighted by Crippen LogP contribution is 2.36. The number of hydrogen-bond donors (Lipinski definition) is 1. The predicted molar refractivity (Wildman–Crippen MR) is 72.7 cm³/mol. The number of aryl methyl sites for hydroxylation is 1. The number of alkyl halides is 2. The van der Waals surface area contributed by atoms with Crippen LogP contribution < -0.4 is 10.5 Å². The average Bonchev–Trinajstić information content (AvgIpc) is 2.37. The second-order valence-electron chi connectivity index (χ2n) is 4.11. The molecule has 0 bridgehead atoms. The number of anilines is 1. The molecule has 2 rings (SSSR count). The van der Waals surface area contributed by atoms with Gasteiger partial charge < -0.3 is 10.5 Å². The van der Waals surface area contributed by atoms with Crippen molar-refractivity contribution in [2.75, 3.05) is 5.73 Å². The van der Waals surface area contributed by atoms with Crippen molar-refractivity contribution in [1.82, 2.24) is 0 Å². The third kappa shape index (κ3) is 3.60. The summed E-state index contributed by atoms with van der Waals surface area (Å²) in [4.78, 5) is 1.34. The quantitative estimate of drug-likeness (QED) is 0.846. The molecular weight excluding hydrogens is 287 g/mol. The van der Waals surface area contributed by atoms with Crippen molar-refractivity contribution in [2.24, 2.45) is 0 Å². The Bertz CT molecular complexity index is 602. The lowest BCUT2D eigenvalue weighted by molar-refractivity contribution is -0.0523. The zero-order chi connectivity index (χ0) is 14.7. The normalized spacial score (nSPS) is 10.8. The highest BCUT2D eigenvalue weighted by molar-refractivity contribution is 7.99. The number of benzene rings is 2. The highest BCUT2D eigenvalue weighted by atomic mass is 32.2. The highest BCUT2D eigenvalue weighted by Gasteiger charge is 2.14. The first-order valence-electron chi connectivity index (χ1n) is 5.74. The van der Waals surface area contributed by atoms with Gasteiger partial charge in [0.15, 0.2) is 11.6 Å². The molecule has 0 fully saturated rings. The van der Waals surface area contributed by atoms with Crippen molar-refractivity contribution < 1.29 is 17.9 Å². The maximum absolute atomic E-state index is 13.4. The van der Waals surface area contributed by atoms with Crippen LogP contribution in [-0.2, 0) is 0 Å². The summed E-state index contributed by atoms with van der Waals surface area (Å²) >= 11 is 1.26. The van der Waals surface area contributed by atoms with Crippen LogP contribution in [-0.4, -0.2) is 6.61 Å². The molecule has 2 N–H and O–H groups in total. The Kier molecular flexibility index (Phi) is 4.44. The molecule has 0 aliphatic carbocycles. The van der Waals surface area contributed by atoms with Gasteiger partial charge in [-0.3, -0.25) is 0 Å². The Morgan fingerprint density at radius 1 is 1.15 bits per heavy atom. The lowest BCUT2D eigenvalue weighted by Crippen LogP contribution is -2.04. The molecule has 0 unspecified atom stereocenters. The van der Waals surface area contributed by atoms with Crippen molar-refractivity contribution in [1.29, 1.82) is 0 Å². The maximum atomic E-state index is 13.4. The maximum Gasteiger partial charge on any atom is 0.387 e. The Hall–Kier alpha value is -1.82. The number of rotatable bonds is 4. The van der Waals surface area contributed by atoms with E-state index in [4.69, 9.17) is 5.73 Å². The van der Waals surface area contributed by atoms with E-state index in [2.05, 4.69) is 4.74 Å². The number of nitrogen functional groups attached to an aromatic ring is 1. The van der Waals surface area contributed by atoms with Crippen LogP contribution in [0.5, 0.6) is 5.75 Å². The first kappa shape index (κ1) is 14.6. The van der Waals surface area contributed by atoms with E-state index >= 15 is 0 Å². The van der Waals surface area contributed by atoms with Gasteiger partial charge in [-0.05, 0) is 25.1 Å². The van der Waals surface area contributed by atoms with Gasteiger partial charge in [-0.25, -0.2) is 4.39 Å². The summed E-state index contributed by atoms with van der Waals surface area (Å²) in [7, 11) is 0. The molecule has 0 heterocycles. The first-order valence-corrected chi connectivity index (χ1v) is 6.55. The number of nitrogens with two attached hydrogens (primary N) is 1. The van der Waals surface area contributed by atoms with Crippen molar-refractivity contribution in [2.45, 2.75) is 23.3 Å². The molecule has 0 spiro atoms. The minimum absolute atomic E-state index is 0.176. The molecule has 20 heavy (non-hydrogen) atoms. The van der Waals surface area contributed by atoms with Gasteiger partial charge in [-0.2, -0.15) is 8.78 Å². The SMILES string of the molecule is Cc1ccc(Sc2cc(OC(F)F)c(F)cc2N)cc1. The molecule has 0 saturated carbocycles. The van der Waals surface area contributed by atoms with E-state index < -0.39 is 18.2 Å². The molecule has 0 aliphatic rings. The molecule has 2 nitrogen and oxygen atoms in total. The number of halogens is 3. The minimum atomic E-state index is -3.08. The fourth-order valence-electron chi connectivity index (χ4n) is 1.56. The summed E-state index contributed by atoms with van der Waals surface area (Å²) in [6, 6.07) is 9.74. The summed E-state index contributed by atoms with van der Waals surface area (Å²) in [6.45, 7) is -1.12. The second-order valence-corrected chi connectivity index (χ2v) is 5.23. The molecule has 6 heteroatoms. The average molecular weight is 299 g/mol. The van der Waals surface area contributed by atoms with Gasteiger partial charge in [0.25, 0.3) is 0 Å². The van der Waals surface area contributed by atoms with Gasteiger partial charge in [0, 0.05) is 21.5 Å². The molecule has 106 valence electrons. The smallest absolute Gasteiger partial charge is 0.387 e. The number of ether oxygens (including phenoxy) is 1. The lowest BCUT2D eigenvalue weighted by atomic mass is 10.2. The summed E-state index contributed by atoms with van der Waals surface area (Å²) in [6.07, 6.45) is 0. The Balaban J connectivity index is 2.28. The van der Waals surface area contributed by atoms with E-state index in [9.17, 15) is 13.2 Å². The van der Waals surface area contributed by atoms with E-state index in [0.717, 1.165) is 16.5 Å². The predicted octanol–water partition coefficient (Wildman–Crippen LogP) is 4.47. The second kappa shape index (κ2) is 6.09. The van der Waals surface area contributed by atoms with E-state index in [1.165, 1.54) is 17.8 Å². The van der Waals surface area contributed by atoms with Gasteiger partial charge in [0.2, 0.25) is 0 Å². The summed E-state index contributed by atoms with van der Waals surface area (Å²) in [5, 5.41) is 0. The lowest BCUT2D eigenvalue weighted by Gasteiger charge is -2.10. The van der Waals surface area contributed by atoms with Gasteiger partial charge in [-0.1, -0.05) is 29.5 Å². The van der Waals surface area contributed by atoms with Gasteiger partial charge in [0.1, 0.15) is 0 Å². The van der Waals surface area contributed by atoms with Crippen LogP contribution in [0.25, 0.3) is 0 Å². The molecule has 0 radical (unpaired) electrons. The van der Waals surface area contributed by atoms with E-state index in [1.807, 2.05) is 31.2 Å². The van der Waals surface area contributed by atoms with Crippen LogP contribution in [0.4, 0.5) is 18.9 Å².